The Morgan fingerprint density at radius 2 is 1.94 bits per heavy atom. The van der Waals surface area contributed by atoms with Crippen molar-refractivity contribution >= 4 is 27.5 Å². The zero-order valence-corrected chi connectivity index (χ0v) is 20.6. The molecule has 1 N–H and O–H groups in total. The molecule has 4 rings (SSSR count). The zero-order valence-electron chi connectivity index (χ0n) is 19.0. The van der Waals surface area contributed by atoms with Crippen LogP contribution in [0.25, 0.3) is 0 Å². The summed E-state index contributed by atoms with van der Waals surface area (Å²) in [5.74, 6) is 0.808. The summed E-state index contributed by atoms with van der Waals surface area (Å²) < 4.78 is 39.0. The zero-order chi connectivity index (χ0) is 23.8. The van der Waals surface area contributed by atoms with E-state index in [1.165, 1.54) is 16.4 Å². The van der Waals surface area contributed by atoms with Crippen molar-refractivity contribution in [3.05, 3.63) is 53.1 Å². The van der Waals surface area contributed by atoms with Gasteiger partial charge in [0.1, 0.15) is 17.1 Å². The molecule has 9 heteroatoms. The second-order valence-electron chi connectivity index (χ2n) is 9.19. The molecule has 0 aromatic heterocycles. The summed E-state index contributed by atoms with van der Waals surface area (Å²) in [5, 5.41) is 3.63. The molecular formula is C24H29ClN2O5S. The van der Waals surface area contributed by atoms with Gasteiger partial charge in [0.25, 0.3) is 0 Å². The van der Waals surface area contributed by atoms with Gasteiger partial charge >= 0.3 is 0 Å². The summed E-state index contributed by atoms with van der Waals surface area (Å²) in [5.41, 5.74) is 0.429. The smallest absolute Gasteiger partial charge is 0.243 e. The summed E-state index contributed by atoms with van der Waals surface area (Å²) in [4.78, 5) is 13.4. The van der Waals surface area contributed by atoms with Gasteiger partial charge in [0.2, 0.25) is 15.9 Å². The Bertz CT molecular complexity index is 1130. The Hall–Kier alpha value is -2.29. The Kier molecular flexibility index (Phi) is 6.62. The quantitative estimate of drug-likeness (QED) is 0.677. The van der Waals surface area contributed by atoms with Crippen molar-refractivity contribution in [3.63, 3.8) is 0 Å². The van der Waals surface area contributed by atoms with Gasteiger partial charge in [0, 0.05) is 36.2 Å². The number of hydrogen-bond acceptors (Lipinski definition) is 5. The first-order valence-corrected chi connectivity index (χ1v) is 12.8. The molecule has 0 unspecified atom stereocenters. The van der Waals surface area contributed by atoms with E-state index in [1.54, 1.807) is 19.2 Å². The minimum atomic E-state index is -3.69. The molecule has 0 saturated carbocycles. The minimum Gasteiger partial charge on any atom is -0.497 e. The first-order chi connectivity index (χ1) is 15.6. The number of halogens is 1. The number of ether oxygens (including phenoxy) is 2. The Labute approximate surface area is 200 Å². The number of hydrogen-bond donors (Lipinski definition) is 1. The van der Waals surface area contributed by atoms with E-state index in [0.29, 0.717) is 42.3 Å². The molecule has 33 heavy (non-hydrogen) atoms. The van der Waals surface area contributed by atoms with Crippen LogP contribution in [0.3, 0.4) is 0 Å². The molecular weight excluding hydrogens is 464 g/mol. The predicted octanol–water partition coefficient (Wildman–Crippen LogP) is 4.17. The third-order valence-electron chi connectivity index (χ3n) is 6.20. The molecule has 2 aliphatic rings. The van der Waals surface area contributed by atoms with Crippen molar-refractivity contribution in [2.45, 2.75) is 49.6 Å². The van der Waals surface area contributed by atoms with E-state index in [0.717, 1.165) is 5.56 Å². The Morgan fingerprint density at radius 3 is 2.64 bits per heavy atom. The second-order valence-corrected chi connectivity index (χ2v) is 11.6. The highest BCUT2D eigenvalue weighted by molar-refractivity contribution is 7.89. The number of amides is 1. The van der Waals surface area contributed by atoms with Gasteiger partial charge in [-0.15, -0.1) is 0 Å². The molecule has 0 aliphatic carbocycles. The number of methoxy groups -OCH3 is 1. The number of carbonyl (C=O) groups excluding carboxylic acids is 1. The van der Waals surface area contributed by atoms with E-state index < -0.39 is 21.5 Å². The number of benzene rings is 2. The lowest BCUT2D eigenvalue weighted by molar-refractivity contribution is -0.127. The average molecular weight is 493 g/mol. The summed E-state index contributed by atoms with van der Waals surface area (Å²) in [6.07, 6.45) is 1.87. The van der Waals surface area contributed by atoms with E-state index in [4.69, 9.17) is 21.1 Å². The van der Waals surface area contributed by atoms with Crippen molar-refractivity contribution in [3.8, 4) is 11.5 Å². The normalized spacial score (nSPS) is 22.7. The third kappa shape index (κ3) is 5.13. The minimum absolute atomic E-state index is 0.143. The first-order valence-electron chi connectivity index (χ1n) is 11.0. The monoisotopic (exact) mass is 492 g/mol. The molecule has 1 fully saturated rings. The molecule has 178 valence electrons. The first kappa shape index (κ1) is 23.9. The molecule has 7 nitrogen and oxygen atoms in total. The Balaban J connectivity index is 1.50. The van der Waals surface area contributed by atoms with E-state index in [2.05, 4.69) is 5.32 Å². The van der Waals surface area contributed by atoms with Crippen LogP contribution in [0, 0.1) is 5.92 Å². The van der Waals surface area contributed by atoms with E-state index in [1.807, 2.05) is 32.0 Å². The number of rotatable bonds is 5. The fourth-order valence-electron chi connectivity index (χ4n) is 4.51. The molecule has 2 aliphatic heterocycles. The number of sulfonamides is 1. The molecule has 2 atom stereocenters. The largest absolute Gasteiger partial charge is 0.497 e. The van der Waals surface area contributed by atoms with Crippen LogP contribution in [0.5, 0.6) is 11.5 Å². The summed E-state index contributed by atoms with van der Waals surface area (Å²) in [7, 11) is -2.09. The van der Waals surface area contributed by atoms with E-state index >= 15 is 0 Å². The lowest BCUT2D eigenvalue weighted by atomic mass is 9.88. The molecule has 0 spiro atoms. The molecule has 2 heterocycles. The number of fused-ring (bicyclic) bond motifs is 1. The molecule has 2 aromatic rings. The number of piperidine rings is 1. The number of nitrogens with zero attached hydrogens (tertiary/aromatic N) is 1. The Morgan fingerprint density at radius 1 is 1.21 bits per heavy atom. The maximum atomic E-state index is 13.2. The fourth-order valence-corrected chi connectivity index (χ4v) is 6.16. The highest BCUT2D eigenvalue weighted by Crippen LogP contribution is 2.41. The predicted molar refractivity (Wildman–Crippen MR) is 126 cm³/mol. The van der Waals surface area contributed by atoms with Crippen molar-refractivity contribution in [2.24, 2.45) is 5.92 Å². The lowest BCUT2D eigenvalue weighted by Gasteiger charge is -2.39. The van der Waals surface area contributed by atoms with E-state index in [-0.39, 0.29) is 23.4 Å². The van der Waals surface area contributed by atoms with Crippen molar-refractivity contribution in [2.75, 3.05) is 20.2 Å². The van der Waals surface area contributed by atoms with Gasteiger partial charge in [-0.2, -0.15) is 4.31 Å². The maximum absolute atomic E-state index is 13.2. The van der Waals surface area contributed by atoms with Gasteiger partial charge < -0.3 is 14.8 Å². The van der Waals surface area contributed by atoms with Crippen LogP contribution in [0.2, 0.25) is 5.02 Å². The average Bonchev–Trinajstić information content (AvgIpc) is 2.78. The van der Waals surface area contributed by atoms with Gasteiger partial charge in [0.05, 0.1) is 24.0 Å². The van der Waals surface area contributed by atoms with Gasteiger partial charge in [-0.1, -0.05) is 11.6 Å². The summed E-state index contributed by atoms with van der Waals surface area (Å²) >= 11 is 5.90. The van der Waals surface area contributed by atoms with Gasteiger partial charge in [-0.25, -0.2) is 8.42 Å². The topological polar surface area (TPSA) is 84.9 Å². The SMILES string of the molecule is COc1ccc2c(c1)OC(C)(C)C[C@@H]2NC(=O)[C@@H]1CCCN(S(=O)(=O)c2ccc(Cl)cc2)C1. The highest BCUT2D eigenvalue weighted by atomic mass is 35.5. The molecule has 0 bridgehead atoms. The third-order valence-corrected chi connectivity index (χ3v) is 8.33. The summed E-state index contributed by atoms with van der Waals surface area (Å²) in [6, 6.07) is 11.5. The fraction of sp³-hybridized carbons (Fsp3) is 0.458. The van der Waals surface area contributed by atoms with Crippen LogP contribution in [-0.4, -0.2) is 44.4 Å². The van der Waals surface area contributed by atoms with Gasteiger partial charge in [-0.05, 0) is 63.1 Å². The molecule has 0 radical (unpaired) electrons. The number of nitrogens with one attached hydrogen (secondary N) is 1. The van der Waals surface area contributed by atoms with Crippen molar-refractivity contribution < 1.29 is 22.7 Å². The number of carbonyl (C=O) groups is 1. The van der Waals surface area contributed by atoms with Crippen molar-refractivity contribution in [1.29, 1.82) is 0 Å². The van der Waals surface area contributed by atoms with E-state index in [9.17, 15) is 13.2 Å². The maximum Gasteiger partial charge on any atom is 0.243 e. The van der Waals surface area contributed by atoms with Crippen LogP contribution in [0.1, 0.15) is 44.7 Å². The van der Waals surface area contributed by atoms with Crippen LogP contribution < -0.4 is 14.8 Å². The van der Waals surface area contributed by atoms with Crippen LogP contribution in [-0.2, 0) is 14.8 Å². The van der Waals surface area contributed by atoms with Crippen LogP contribution in [0.15, 0.2) is 47.4 Å². The summed E-state index contributed by atoms with van der Waals surface area (Å²) in [6.45, 7) is 4.51. The van der Waals surface area contributed by atoms with Gasteiger partial charge in [-0.3, -0.25) is 4.79 Å². The lowest BCUT2D eigenvalue weighted by Crippen LogP contribution is -2.48. The molecule has 1 amide bonds. The van der Waals surface area contributed by atoms with Crippen LogP contribution in [0.4, 0.5) is 0 Å². The van der Waals surface area contributed by atoms with Crippen LogP contribution >= 0.6 is 11.6 Å². The second kappa shape index (κ2) is 9.16. The molecule has 1 saturated heterocycles. The standard InChI is InChI=1S/C24H29ClN2O5S/c1-24(2)14-21(20-11-8-18(31-3)13-22(20)32-24)26-23(28)16-5-4-12-27(15-16)33(29,30)19-9-6-17(25)7-10-19/h6-11,13,16,21H,4-5,12,14-15H2,1-3H3,(H,26,28)/t16-,21+/m1/s1. The van der Waals surface area contributed by atoms with Gasteiger partial charge in [0.15, 0.2) is 0 Å². The molecule has 2 aromatic carbocycles. The van der Waals surface area contributed by atoms with Crippen molar-refractivity contribution in [1.82, 2.24) is 9.62 Å². The highest BCUT2D eigenvalue weighted by Gasteiger charge is 2.38.